The maximum absolute atomic E-state index is 12.1. The van der Waals surface area contributed by atoms with Gasteiger partial charge >= 0.3 is 0 Å². The number of nitrogens with one attached hydrogen (secondary N) is 2. The molecule has 0 aliphatic heterocycles. The number of nitrogens with zero attached hydrogens (tertiary/aromatic N) is 3. The van der Waals surface area contributed by atoms with E-state index in [0.717, 1.165) is 6.39 Å². The van der Waals surface area contributed by atoms with Gasteiger partial charge in [-0.3, -0.25) is 0 Å². The standard InChI is InChI=1S/C10H13N5O3S/c1-2-11-10-8(4-3-5-12-10)19(16,17)14-6-9-13-7-18-15-9/h3-5,7,14H,2,6H2,1H3,(H,11,12). The van der Waals surface area contributed by atoms with Crippen molar-refractivity contribution in [1.82, 2.24) is 19.8 Å². The molecule has 0 radical (unpaired) electrons. The Bertz CT molecular complexity index is 626. The van der Waals surface area contributed by atoms with Gasteiger partial charge in [-0.2, -0.15) is 4.98 Å². The molecule has 0 aliphatic carbocycles. The fourth-order valence-electron chi connectivity index (χ4n) is 1.42. The van der Waals surface area contributed by atoms with Gasteiger partial charge < -0.3 is 9.84 Å². The van der Waals surface area contributed by atoms with Crippen LogP contribution in [-0.4, -0.2) is 30.1 Å². The summed E-state index contributed by atoms with van der Waals surface area (Å²) in [5, 5.41) is 6.42. The normalized spacial score (nSPS) is 11.4. The number of hydrogen-bond acceptors (Lipinski definition) is 7. The number of rotatable bonds is 6. The molecule has 0 aromatic carbocycles. The lowest BCUT2D eigenvalue weighted by Gasteiger charge is -2.10. The Hall–Kier alpha value is -2.00. The van der Waals surface area contributed by atoms with E-state index in [0.29, 0.717) is 12.4 Å². The molecule has 2 aromatic heterocycles. The molecule has 0 saturated heterocycles. The largest absolute Gasteiger partial charge is 0.369 e. The maximum atomic E-state index is 12.1. The van der Waals surface area contributed by atoms with Crippen LogP contribution >= 0.6 is 0 Å². The third kappa shape index (κ3) is 3.26. The first-order valence-corrected chi connectivity index (χ1v) is 7.05. The van der Waals surface area contributed by atoms with Crippen LogP contribution in [0.4, 0.5) is 5.82 Å². The van der Waals surface area contributed by atoms with Crippen LogP contribution in [0.15, 0.2) is 34.1 Å². The summed E-state index contributed by atoms with van der Waals surface area (Å²) in [6.07, 6.45) is 2.66. The first-order chi connectivity index (χ1) is 9.13. The Balaban J connectivity index is 2.19. The molecule has 2 rings (SSSR count). The zero-order valence-corrected chi connectivity index (χ0v) is 11.0. The molecule has 0 aliphatic rings. The van der Waals surface area contributed by atoms with Crippen molar-refractivity contribution in [1.29, 1.82) is 0 Å². The molecule has 2 aromatic rings. The molecule has 8 nitrogen and oxygen atoms in total. The van der Waals surface area contributed by atoms with Gasteiger partial charge in [-0.25, -0.2) is 18.1 Å². The quantitative estimate of drug-likeness (QED) is 0.788. The average Bonchev–Trinajstić information content (AvgIpc) is 2.91. The minimum absolute atomic E-state index is 0.0424. The van der Waals surface area contributed by atoms with Crippen molar-refractivity contribution < 1.29 is 12.9 Å². The van der Waals surface area contributed by atoms with Crippen molar-refractivity contribution in [2.24, 2.45) is 0 Å². The minimum atomic E-state index is -3.69. The van der Waals surface area contributed by atoms with E-state index in [9.17, 15) is 8.42 Å². The molecule has 102 valence electrons. The second-order valence-corrected chi connectivity index (χ2v) is 5.29. The van der Waals surface area contributed by atoms with Crippen molar-refractivity contribution in [3.05, 3.63) is 30.5 Å². The van der Waals surface area contributed by atoms with Crippen molar-refractivity contribution in [3.8, 4) is 0 Å². The van der Waals surface area contributed by atoms with Crippen molar-refractivity contribution >= 4 is 15.8 Å². The molecular formula is C10H13N5O3S. The highest BCUT2D eigenvalue weighted by Gasteiger charge is 2.19. The molecule has 2 N–H and O–H groups in total. The number of pyridine rings is 1. The molecule has 0 amide bonds. The van der Waals surface area contributed by atoms with Crippen LogP contribution in [0.2, 0.25) is 0 Å². The van der Waals surface area contributed by atoms with E-state index in [1.165, 1.54) is 12.3 Å². The van der Waals surface area contributed by atoms with E-state index >= 15 is 0 Å². The Morgan fingerprint density at radius 3 is 2.89 bits per heavy atom. The summed E-state index contributed by atoms with van der Waals surface area (Å²) in [7, 11) is -3.69. The summed E-state index contributed by atoms with van der Waals surface area (Å²) in [6, 6.07) is 3.04. The first kappa shape index (κ1) is 13.4. The van der Waals surface area contributed by atoms with Gasteiger partial charge in [-0.1, -0.05) is 5.16 Å². The van der Waals surface area contributed by atoms with Gasteiger partial charge in [0.1, 0.15) is 10.7 Å². The molecule has 2 heterocycles. The summed E-state index contributed by atoms with van der Waals surface area (Å²) in [4.78, 5) is 7.82. The van der Waals surface area contributed by atoms with E-state index < -0.39 is 10.0 Å². The summed E-state index contributed by atoms with van der Waals surface area (Å²) in [5.74, 6) is 0.572. The molecule has 0 spiro atoms. The van der Waals surface area contributed by atoms with Crippen LogP contribution in [0.3, 0.4) is 0 Å². The summed E-state index contributed by atoms with van der Waals surface area (Å²) >= 11 is 0. The van der Waals surface area contributed by atoms with Gasteiger partial charge in [0.15, 0.2) is 5.82 Å². The Morgan fingerprint density at radius 1 is 1.37 bits per heavy atom. The van der Waals surface area contributed by atoms with E-state index in [2.05, 4.69) is 29.7 Å². The Kier molecular flexibility index (Phi) is 4.07. The van der Waals surface area contributed by atoms with Crippen LogP contribution in [0.1, 0.15) is 12.7 Å². The van der Waals surface area contributed by atoms with Crippen LogP contribution in [0.5, 0.6) is 0 Å². The van der Waals surface area contributed by atoms with E-state index in [1.807, 2.05) is 6.92 Å². The van der Waals surface area contributed by atoms with Crippen molar-refractivity contribution in [3.63, 3.8) is 0 Å². The summed E-state index contributed by atoms with van der Waals surface area (Å²) < 4.78 is 31.2. The molecule has 0 atom stereocenters. The lowest BCUT2D eigenvalue weighted by atomic mass is 10.4. The molecule has 0 fully saturated rings. The Morgan fingerprint density at radius 2 is 2.21 bits per heavy atom. The molecule has 0 bridgehead atoms. The number of hydrogen-bond donors (Lipinski definition) is 2. The fourth-order valence-corrected chi connectivity index (χ4v) is 2.53. The number of aromatic nitrogens is 3. The lowest BCUT2D eigenvalue weighted by Crippen LogP contribution is -2.25. The monoisotopic (exact) mass is 283 g/mol. The molecular weight excluding hydrogens is 270 g/mol. The second-order valence-electron chi connectivity index (χ2n) is 3.55. The highest BCUT2D eigenvalue weighted by molar-refractivity contribution is 7.89. The summed E-state index contributed by atoms with van der Waals surface area (Å²) in [6.45, 7) is 2.39. The van der Waals surface area contributed by atoms with Crippen LogP contribution in [0.25, 0.3) is 0 Å². The predicted molar refractivity (Wildman–Crippen MR) is 66.7 cm³/mol. The van der Waals surface area contributed by atoms with E-state index in [4.69, 9.17) is 0 Å². The Labute approximate surface area is 110 Å². The zero-order valence-electron chi connectivity index (χ0n) is 10.2. The van der Waals surface area contributed by atoms with E-state index in [-0.39, 0.29) is 17.3 Å². The van der Waals surface area contributed by atoms with Crippen molar-refractivity contribution in [2.75, 3.05) is 11.9 Å². The van der Waals surface area contributed by atoms with Crippen molar-refractivity contribution in [2.45, 2.75) is 18.4 Å². The molecule has 0 saturated carbocycles. The average molecular weight is 283 g/mol. The molecule has 9 heteroatoms. The predicted octanol–water partition coefficient (Wildman–Crippen LogP) is 0.375. The second kappa shape index (κ2) is 5.76. The van der Waals surface area contributed by atoms with Gasteiger partial charge in [0.2, 0.25) is 16.4 Å². The third-order valence-electron chi connectivity index (χ3n) is 2.23. The van der Waals surface area contributed by atoms with Crippen LogP contribution in [-0.2, 0) is 16.6 Å². The molecule has 0 unspecified atom stereocenters. The van der Waals surface area contributed by atoms with Crippen LogP contribution < -0.4 is 10.0 Å². The minimum Gasteiger partial charge on any atom is -0.369 e. The number of sulfonamides is 1. The lowest BCUT2D eigenvalue weighted by molar-refractivity contribution is 0.409. The topological polar surface area (TPSA) is 110 Å². The van der Waals surface area contributed by atoms with E-state index in [1.54, 1.807) is 6.07 Å². The highest BCUT2D eigenvalue weighted by Crippen LogP contribution is 2.17. The van der Waals surface area contributed by atoms with Gasteiger partial charge in [-0.05, 0) is 19.1 Å². The SMILES string of the molecule is CCNc1ncccc1S(=O)(=O)NCc1ncon1. The van der Waals surface area contributed by atoms with Gasteiger partial charge in [0.05, 0.1) is 6.54 Å². The van der Waals surface area contributed by atoms with Gasteiger partial charge in [0, 0.05) is 12.7 Å². The zero-order chi connectivity index (χ0) is 13.7. The number of anilines is 1. The maximum Gasteiger partial charge on any atom is 0.244 e. The van der Waals surface area contributed by atoms with Crippen LogP contribution in [0, 0.1) is 0 Å². The van der Waals surface area contributed by atoms with Gasteiger partial charge in [-0.15, -0.1) is 0 Å². The van der Waals surface area contributed by atoms with Gasteiger partial charge in [0.25, 0.3) is 0 Å². The third-order valence-corrected chi connectivity index (χ3v) is 3.66. The fraction of sp³-hybridized carbons (Fsp3) is 0.300. The smallest absolute Gasteiger partial charge is 0.244 e. The highest BCUT2D eigenvalue weighted by atomic mass is 32.2. The summed E-state index contributed by atoms with van der Waals surface area (Å²) in [5.41, 5.74) is 0. The molecule has 19 heavy (non-hydrogen) atoms. The first-order valence-electron chi connectivity index (χ1n) is 5.57.